The van der Waals surface area contributed by atoms with E-state index in [4.69, 9.17) is 5.73 Å². The van der Waals surface area contributed by atoms with Gasteiger partial charge in [0.25, 0.3) is 0 Å². The Bertz CT molecular complexity index is 141. The molecule has 0 rings (SSSR count). The highest BCUT2D eigenvalue weighted by Crippen LogP contribution is 1.96. The molecular weight excluding hydrogens is 160 g/mol. The molecule has 0 saturated heterocycles. The van der Waals surface area contributed by atoms with E-state index in [-0.39, 0.29) is 0 Å². The summed E-state index contributed by atoms with van der Waals surface area (Å²) in [7, 11) is 2.08. The maximum atomic E-state index is 5.42. The monoisotopic (exact) mass is 182 g/mol. The largest absolute Gasteiger partial charge is 0.329 e. The van der Waals surface area contributed by atoms with Gasteiger partial charge in [0.15, 0.2) is 0 Å². The summed E-state index contributed by atoms with van der Waals surface area (Å²) in [6, 6.07) is 0. The fourth-order valence-electron chi connectivity index (χ4n) is 1.06. The number of allylic oxidation sites excluding steroid dienone is 2. The molecule has 0 aliphatic heterocycles. The van der Waals surface area contributed by atoms with Crippen molar-refractivity contribution in [2.45, 2.75) is 19.3 Å². The predicted octanol–water partition coefficient (Wildman–Crippen LogP) is 1.79. The van der Waals surface area contributed by atoms with Crippen molar-refractivity contribution in [3.05, 3.63) is 24.8 Å². The lowest BCUT2D eigenvalue weighted by molar-refractivity contribution is 0.380. The van der Waals surface area contributed by atoms with Crippen molar-refractivity contribution >= 4 is 0 Å². The molecule has 0 radical (unpaired) electrons. The van der Waals surface area contributed by atoms with Crippen molar-refractivity contribution < 1.29 is 0 Å². The Balaban J connectivity index is 3.24. The van der Waals surface area contributed by atoms with Crippen LogP contribution >= 0.6 is 0 Å². The number of nitrogens with two attached hydrogens (primary N) is 1. The third-order valence-corrected chi connectivity index (χ3v) is 1.87. The predicted molar refractivity (Wildman–Crippen MR) is 59.7 cm³/mol. The summed E-state index contributed by atoms with van der Waals surface area (Å²) in [6.07, 6.45) is 9.88. The van der Waals surface area contributed by atoms with Crippen molar-refractivity contribution in [1.29, 1.82) is 0 Å². The molecule has 0 atom stereocenters. The quantitative estimate of drug-likeness (QED) is 0.458. The third-order valence-electron chi connectivity index (χ3n) is 1.87. The van der Waals surface area contributed by atoms with E-state index < -0.39 is 0 Å². The minimum absolute atomic E-state index is 0.737. The van der Waals surface area contributed by atoms with E-state index in [1.807, 2.05) is 6.08 Å². The minimum Gasteiger partial charge on any atom is -0.329 e. The number of unbranched alkanes of at least 4 members (excludes halogenated alkanes) is 2. The second-order valence-electron chi connectivity index (χ2n) is 3.24. The summed E-state index contributed by atoms with van der Waals surface area (Å²) >= 11 is 0. The second kappa shape index (κ2) is 9.49. The van der Waals surface area contributed by atoms with Crippen LogP contribution in [0.3, 0.4) is 0 Å². The highest BCUT2D eigenvalue weighted by atomic mass is 15.1. The first-order chi connectivity index (χ1) is 6.31. The van der Waals surface area contributed by atoms with Crippen LogP contribution in [0, 0.1) is 0 Å². The zero-order valence-electron chi connectivity index (χ0n) is 8.71. The summed E-state index contributed by atoms with van der Waals surface area (Å²) < 4.78 is 0. The Labute approximate surface area is 82.1 Å². The molecule has 0 saturated carbocycles. The fraction of sp³-hybridized carbons (Fsp3) is 0.636. The topological polar surface area (TPSA) is 29.3 Å². The maximum absolute atomic E-state index is 5.42. The molecule has 0 heterocycles. The lowest BCUT2D eigenvalue weighted by Gasteiger charge is -2.11. The van der Waals surface area contributed by atoms with E-state index in [0.717, 1.165) is 32.5 Å². The summed E-state index contributed by atoms with van der Waals surface area (Å²) in [6.45, 7) is 6.40. The minimum atomic E-state index is 0.737. The molecule has 2 heteroatoms. The molecule has 2 N–H and O–H groups in total. The Morgan fingerprint density at radius 2 is 2.08 bits per heavy atom. The van der Waals surface area contributed by atoms with Gasteiger partial charge in [0.1, 0.15) is 0 Å². The van der Waals surface area contributed by atoms with Crippen LogP contribution in [0.4, 0.5) is 0 Å². The summed E-state index contributed by atoms with van der Waals surface area (Å²) in [5.74, 6) is 0. The molecule has 0 bridgehead atoms. The molecule has 0 aromatic carbocycles. The first-order valence-electron chi connectivity index (χ1n) is 4.95. The first-order valence-corrected chi connectivity index (χ1v) is 4.95. The van der Waals surface area contributed by atoms with Gasteiger partial charge in [-0.1, -0.05) is 18.2 Å². The van der Waals surface area contributed by atoms with Crippen LogP contribution in [0.2, 0.25) is 0 Å². The Kier molecular flexibility index (Phi) is 9.05. The second-order valence-corrected chi connectivity index (χ2v) is 3.24. The van der Waals surface area contributed by atoms with E-state index in [1.54, 1.807) is 0 Å². The number of hydrogen-bond acceptors (Lipinski definition) is 2. The van der Waals surface area contributed by atoms with Crippen LogP contribution in [0.1, 0.15) is 19.3 Å². The molecule has 0 aliphatic carbocycles. The van der Waals surface area contributed by atoms with Gasteiger partial charge in [0.05, 0.1) is 0 Å². The molecule has 2 nitrogen and oxygen atoms in total. The molecule has 13 heavy (non-hydrogen) atoms. The van der Waals surface area contributed by atoms with E-state index in [1.165, 1.54) is 6.42 Å². The molecule has 0 fully saturated rings. The van der Waals surface area contributed by atoms with Gasteiger partial charge in [-0.15, -0.1) is 6.58 Å². The molecule has 0 aliphatic rings. The normalized spacial score (nSPS) is 11.3. The highest BCUT2D eigenvalue weighted by Gasteiger charge is 1.90. The third kappa shape index (κ3) is 9.31. The van der Waals surface area contributed by atoms with Gasteiger partial charge in [-0.2, -0.15) is 0 Å². The fourth-order valence-corrected chi connectivity index (χ4v) is 1.06. The average molecular weight is 182 g/mol. The highest BCUT2D eigenvalue weighted by molar-refractivity contribution is 4.84. The molecule has 0 aromatic heterocycles. The van der Waals surface area contributed by atoms with Crippen LogP contribution in [0.5, 0.6) is 0 Å². The number of hydrogen-bond donors (Lipinski definition) is 1. The molecule has 0 unspecified atom stereocenters. The summed E-state index contributed by atoms with van der Waals surface area (Å²) in [5.41, 5.74) is 5.42. The summed E-state index contributed by atoms with van der Waals surface area (Å²) in [5, 5.41) is 0. The van der Waals surface area contributed by atoms with E-state index in [2.05, 4.69) is 30.7 Å². The van der Waals surface area contributed by atoms with Crippen LogP contribution in [0.25, 0.3) is 0 Å². The zero-order valence-corrected chi connectivity index (χ0v) is 8.71. The standard InChI is InChI=1S/C11H22N2/c1-3-4-5-6-7-8-10-13(2)11-9-12/h3,7-8H,1,4-6,9-12H2,2H3. The maximum Gasteiger partial charge on any atom is 0.0160 e. The van der Waals surface area contributed by atoms with Crippen LogP contribution in [0.15, 0.2) is 24.8 Å². The Morgan fingerprint density at radius 3 is 2.69 bits per heavy atom. The lowest BCUT2D eigenvalue weighted by Crippen LogP contribution is -2.25. The van der Waals surface area contributed by atoms with E-state index in [0.29, 0.717) is 0 Å². The molecule has 76 valence electrons. The van der Waals surface area contributed by atoms with E-state index in [9.17, 15) is 0 Å². The molecular formula is C11H22N2. The van der Waals surface area contributed by atoms with Crippen molar-refractivity contribution in [2.75, 3.05) is 26.7 Å². The smallest absolute Gasteiger partial charge is 0.0160 e. The lowest BCUT2D eigenvalue weighted by atomic mass is 10.2. The zero-order chi connectivity index (χ0) is 9.94. The van der Waals surface area contributed by atoms with E-state index >= 15 is 0 Å². The van der Waals surface area contributed by atoms with Crippen molar-refractivity contribution in [1.82, 2.24) is 4.90 Å². The van der Waals surface area contributed by atoms with Crippen molar-refractivity contribution in [2.24, 2.45) is 5.73 Å². The number of rotatable bonds is 8. The Morgan fingerprint density at radius 1 is 1.31 bits per heavy atom. The van der Waals surface area contributed by atoms with Crippen LogP contribution in [-0.2, 0) is 0 Å². The van der Waals surface area contributed by atoms with Gasteiger partial charge in [0, 0.05) is 19.6 Å². The first kappa shape index (κ1) is 12.4. The molecule has 0 amide bonds. The van der Waals surface area contributed by atoms with Crippen molar-refractivity contribution in [3.8, 4) is 0 Å². The molecule has 0 spiro atoms. The van der Waals surface area contributed by atoms with Gasteiger partial charge in [-0.05, 0) is 26.3 Å². The number of nitrogens with zero attached hydrogens (tertiary/aromatic N) is 1. The van der Waals surface area contributed by atoms with Crippen LogP contribution < -0.4 is 5.73 Å². The van der Waals surface area contributed by atoms with Gasteiger partial charge in [-0.25, -0.2) is 0 Å². The summed E-state index contributed by atoms with van der Waals surface area (Å²) in [4.78, 5) is 2.21. The van der Waals surface area contributed by atoms with Gasteiger partial charge in [-0.3, -0.25) is 0 Å². The number of likely N-dealkylation sites (N-methyl/N-ethyl adjacent to an activating group) is 1. The van der Waals surface area contributed by atoms with Gasteiger partial charge < -0.3 is 10.6 Å². The van der Waals surface area contributed by atoms with Crippen molar-refractivity contribution in [3.63, 3.8) is 0 Å². The van der Waals surface area contributed by atoms with Crippen LogP contribution in [-0.4, -0.2) is 31.6 Å². The SMILES string of the molecule is C=CCCCC=CCN(C)CCN. The average Bonchev–Trinajstić information content (AvgIpc) is 2.11. The van der Waals surface area contributed by atoms with Gasteiger partial charge >= 0.3 is 0 Å². The van der Waals surface area contributed by atoms with Gasteiger partial charge in [0.2, 0.25) is 0 Å². The molecule has 0 aromatic rings. The Hall–Kier alpha value is -0.600.